The Hall–Kier alpha value is -1.09. The molecule has 1 atom stereocenters. The van der Waals surface area contributed by atoms with Crippen LogP contribution in [0.1, 0.15) is 44.7 Å². The van der Waals surface area contributed by atoms with E-state index < -0.39 is 0 Å². The summed E-state index contributed by atoms with van der Waals surface area (Å²) in [6.45, 7) is 6.34. The Labute approximate surface area is 116 Å². The molecule has 106 valence electrons. The number of halogens is 1. The third kappa shape index (κ3) is 3.27. The van der Waals surface area contributed by atoms with Gasteiger partial charge in [0.1, 0.15) is 5.82 Å². The molecular formula is C16H25FN2. The van der Waals surface area contributed by atoms with Gasteiger partial charge in [-0.3, -0.25) is 0 Å². The Morgan fingerprint density at radius 1 is 1.42 bits per heavy atom. The fourth-order valence-corrected chi connectivity index (χ4v) is 2.70. The molecule has 0 bridgehead atoms. The van der Waals surface area contributed by atoms with Gasteiger partial charge in [0, 0.05) is 24.8 Å². The molecule has 0 aliphatic heterocycles. The number of nitrogens with one attached hydrogen (secondary N) is 1. The van der Waals surface area contributed by atoms with Crippen molar-refractivity contribution in [1.82, 2.24) is 5.32 Å². The highest BCUT2D eigenvalue weighted by Crippen LogP contribution is 2.32. The number of anilines is 1. The summed E-state index contributed by atoms with van der Waals surface area (Å²) in [5, 5.41) is 3.22. The fourth-order valence-electron chi connectivity index (χ4n) is 2.70. The highest BCUT2D eigenvalue weighted by Gasteiger charge is 2.22. The Kier molecular flexibility index (Phi) is 4.81. The Balaban J connectivity index is 2.24. The third-order valence-corrected chi connectivity index (χ3v) is 4.31. The predicted octanol–water partition coefficient (Wildman–Crippen LogP) is 3.73. The quantitative estimate of drug-likeness (QED) is 0.842. The highest BCUT2D eigenvalue weighted by atomic mass is 19.1. The number of rotatable bonds is 6. The monoisotopic (exact) mass is 264 g/mol. The zero-order valence-corrected chi connectivity index (χ0v) is 12.2. The van der Waals surface area contributed by atoms with Crippen LogP contribution < -0.4 is 10.2 Å². The normalized spacial score (nSPS) is 17.1. The Morgan fingerprint density at radius 3 is 2.68 bits per heavy atom. The van der Waals surface area contributed by atoms with Gasteiger partial charge in [0.15, 0.2) is 0 Å². The van der Waals surface area contributed by atoms with Crippen LogP contribution in [-0.2, 0) is 0 Å². The number of benzene rings is 1. The van der Waals surface area contributed by atoms with E-state index in [2.05, 4.69) is 24.1 Å². The third-order valence-electron chi connectivity index (χ3n) is 4.31. The average molecular weight is 264 g/mol. The second-order valence-corrected chi connectivity index (χ2v) is 5.55. The molecule has 0 aromatic heterocycles. The van der Waals surface area contributed by atoms with E-state index in [1.165, 1.54) is 24.9 Å². The van der Waals surface area contributed by atoms with E-state index in [-0.39, 0.29) is 11.9 Å². The predicted molar refractivity (Wildman–Crippen MR) is 79.1 cm³/mol. The van der Waals surface area contributed by atoms with E-state index in [4.69, 9.17) is 0 Å². The van der Waals surface area contributed by atoms with Crippen molar-refractivity contribution < 1.29 is 4.39 Å². The van der Waals surface area contributed by atoms with Crippen molar-refractivity contribution in [3.63, 3.8) is 0 Å². The van der Waals surface area contributed by atoms with E-state index in [0.717, 1.165) is 24.6 Å². The zero-order chi connectivity index (χ0) is 13.8. The van der Waals surface area contributed by atoms with Crippen LogP contribution in [0, 0.1) is 11.7 Å². The molecule has 1 unspecified atom stereocenters. The first kappa shape index (κ1) is 14.3. The molecular weight excluding hydrogens is 239 g/mol. The van der Waals surface area contributed by atoms with Gasteiger partial charge in [0.2, 0.25) is 0 Å². The summed E-state index contributed by atoms with van der Waals surface area (Å²) >= 11 is 0. The Morgan fingerprint density at radius 2 is 2.16 bits per heavy atom. The first-order valence-electron chi connectivity index (χ1n) is 7.37. The van der Waals surface area contributed by atoms with E-state index in [0.29, 0.717) is 0 Å². The van der Waals surface area contributed by atoms with Gasteiger partial charge in [-0.05, 0) is 63.4 Å². The molecule has 2 rings (SSSR count). The standard InChI is InChI=1S/C16H25FN2/c1-4-19(11-13-6-5-7-13)16-9-8-14(17)10-15(16)12(2)18-3/h8-10,12-13,18H,4-7,11H2,1-3H3. The van der Waals surface area contributed by atoms with Gasteiger partial charge in [-0.2, -0.15) is 0 Å². The molecule has 0 radical (unpaired) electrons. The summed E-state index contributed by atoms with van der Waals surface area (Å²) in [6.07, 6.45) is 4.05. The number of hydrogen-bond acceptors (Lipinski definition) is 2. The smallest absolute Gasteiger partial charge is 0.123 e. The second kappa shape index (κ2) is 6.38. The van der Waals surface area contributed by atoms with Crippen LogP contribution in [0.25, 0.3) is 0 Å². The molecule has 1 aromatic carbocycles. The molecule has 1 aromatic rings. The lowest BCUT2D eigenvalue weighted by molar-refractivity contribution is 0.318. The van der Waals surface area contributed by atoms with Crippen molar-refractivity contribution >= 4 is 5.69 Å². The van der Waals surface area contributed by atoms with Crippen molar-refractivity contribution in [3.8, 4) is 0 Å². The summed E-state index contributed by atoms with van der Waals surface area (Å²) in [7, 11) is 1.92. The van der Waals surface area contributed by atoms with E-state index in [1.807, 2.05) is 13.1 Å². The molecule has 1 aliphatic rings. The lowest BCUT2D eigenvalue weighted by atomic mass is 9.85. The summed E-state index contributed by atoms with van der Waals surface area (Å²) in [5.41, 5.74) is 2.24. The SMILES string of the molecule is CCN(CC1CCC1)c1ccc(F)cc1C(C)NC. The van der Waals surface area contributed by atoms with Crippen LogP contribution >= 0.6 is 0 Å². The van der Waals surface area contributed by atoms with Gasteiger partial charge >= 0.3 is 0 Å². The lowest BCUT2D eigenvalue weighted by Crippen LogP contribution is -2.33. The van der Waals surface area contributed by atoms with Crippen molar-refractivity contribution in [2.24, 2.45) is 5.92 Å². The zero-order valence-electron chi connectivity index (χ0n) is 12.2. The van der Waals surface area contributed by atoms with Gasteiger partial charge in [0.05, 0.1) is 0 Å². The first-order chi connectivity index (χ1) is 9.15. The van der Waals surface area contributed by atoms with Crippen molar-refractivity contribution in [2.45, 2.75) is 39.2 Å². The van der Waals surface area contributed by atoms with Crippen LogP contribution in [-0.4, -0.2) is 20.1 Å². The van der Waals surface area contributed by atoms with Gasteiger partial charge in [-0.25, -0.2) is 4.39 Å². The van der Waals surface area contributed by atoms with Crippen LogP contribution in [0.2, 0.25) is 0 Å². The summed E-state index contributed by atoms with van der Waals surface area (Å²) in [5.74, 6) is 0.670. The van der Waals surface area contributed by atoms with E-state index in [1.54, 1.807) is 12.1 Å². The van der Waals surface area contributed by atoms with Crippen molar-refractivity contribution in [3.05, 3.63) is 29.6 Å². The van der Waals surface area contributed by atoms with E-state index in [9.17, 15) is 4.39 Å². The van der Waals surface area contributed by atoms with E-state index >= 15 is 0 Å². The maximum absolute atomic E-state index is 13.5. The molecule has 19 heavy (non-hydrogen) atoms. The molecule has 1 N–H and O–H groups in total. The molecule has 1 fully saturated rings. The minimum atomic E-state index is -0.152. The van der Waals surface area contributed by atoms with Crippen LogP contribution in [0.15, 0.2) is 18.2 Å². The van der Waals surface area contributed by atoms with Crippen LogP contribution in [0.4, 0.5) is 10.1 Å². The molecule has 0 amide bonds. The average Bonchev–Trinajstić information content (AvgIpc) is 2.37. The molecule has 1 saturated carbocycles. The first-order valence-corrected chi connectivity index (χ1v) is 7.37. The largest absolute Gasteiger partial charge is 0.371 e. The summed E-state index contributed by atoms with van der Waals surface area (Å²) < 4.78 is 13.5. The number of hydrogen-bond donors (Lipinski definition) is 1. The maximum atomic E-state index is 13.5. The van der Waals surface area contributed by atoms with Gasteiger partial charge < -0.3 is 10.2 Å². The summed E-state index contributed by atoms with van der Waals surface area (Å²) in [6, 6.07) is 5.34. The Bertz CT molecular complexity index is 415. The number of nitrogens with zero attached hydrogens (tertiary/aromatic N) is 1. The lowest BCUT2D eigenvalue weighted by Gasteiger charge is -2.35. The van der Waals surface area contributed by atoms with Crippen molar-refractivity contribution in [1.29, 1.82) is 0 Å². The molecule has 1 aliphatic carbocycles. The fraction of sp³-hybridized carbons (Fsp3) is 0.625. The van der Waals surface area contributed by atoms with Crippen LogP contribution in [0.5, 0.6) is 0 Å². The molecule has 0 heterocycles. The van der Waals surface area contributed by atoms with Gasteiger partial charge in [0.25, 0.3) is 0 Å². The molecule has 2 nitrogen and oxygen atoms in total. The van der Waals surface area contributed by atoms with Gasteiger partial charge in [-0.1, -0.05) is 6.42 Å². The molecule has 0 spiro atoms. The second-order valence-electron chi connectivity index (χ2n) is 5.55. The van der Waals surface area contributed by atoms with Gasteiger partial charge in [-0.15, -0.1) is 0 Å². The topological polar surface area (TPSA) is 15.3 Å². The molecule has 0 saturated heterocycles. The minimum absolute atomic E-state index is 0.152. The maximum Gasteiger partial charge on any atom is 0.123 e. The minimum Gasteiger partial charge on any atom is -0.371 e. The molecule has 3 heteroatoms. The van der Waals surface area contributed by atoms with Crippen LogP contribution in [0.3, 0.4) is 0 Å². The van der Waals surface area contributed by atoms with Crippen molar-refractivity contribution in [2.75, 3.05) is 25.0 Å². The highest BCUT2D eigenvalue weighted by molar-refractivity contribution is 5.55. The summed E-state index contributed by atoms with van der Waals surface area (Å²) in [4.78, 5) is 2.40.